The Hall–Kier alpha value is -0.160. The summed E-state index contributed by atoms with van der Waals surface area (Å²) in [6.45, 7) is 5.91. The molecule has 110 valence electrons. The first-order chi connectivity index (χ1) is 8.70. The molecule has 0 bridgehead atoms. The summed E-state index contributed by atoms with van der Waals surface area (Å²) in [7, 11) is 0. The molecule has 0 aromatic rings. The van der Waals surface area contributed by atoms with E-state index in [-0.39, 0.29) is 12.2 Å². The molecule has 18 heavy (non-hydrogen) atoms. The van der Waals surface area contributed by atoms with Gasteiger partial charge in [-0.2, -0.15) is 0 Å². The van der Waals surface area contributed by atoms with E-state index in [1.165, 1.54) is 0 Å². The average Bonchev–Trinajstić information content (AvgIpc) is 2.37. The molecule has 0 amide bonds. The Balaban J connectivity index is 3.19. The summed E-state index contributed by atoms with van der Waals surface area (Å²) in [5.41, 5.74) is 0. The van der Waals surface area contributed by atoms with Gasteiger partial charge in [0, 0.05) is 0 Å². The number of hydrogen-bond acceptors (Lipinski definition) is 4. The first kappa shape index (κ1) is 17.8. The summed E-state index contributed by atoms with van der Waals surface area (Å²) >= 11 is 0. The van der Waals surface area contributed by atoms with Gasteiger partial charge < -0.3 is 19.7 Å². The van der Waals surface area contributed by atoms with Crippen molar-refractivity contribution in [3.05, 3.63) is 0 Å². The monoisotopic (exact) mass is 262 g/mol. The zero-order chi connectivity index (χ0) is 13.6. The lowest BCUT2D eigenvalue weighted by atomic mass is 10.2. The van der Waals surface area contributed by atoms with E-state index in [1.54, 1.807) is 0 Å². The number of aliphatic hydroxyl groups excluding tert-OH is 2. The summed E-state index contributed by atoms with van der Waals surface area (Å²) in [5, 5.41) is 19.0. The van der Waals surface area contributed by atoms with Gasteiger partial charge in [0.2, 0.25) is 0 Å². The van der Waals surface area contributed by atoms with Crippen LogP contribution in [-0.2, 0) is 9.47 Å². The second-order valence-corrected chi connectivity index (χ2v) is 4.74. The quantitative estimate of drug-likeness (QED) is 0.499. The van der Waals surface area contributed by atoms with Gasteiger partial charge in [0.1, 0.15) is 0 Å². The first-order valence-corrected chi connectivity index (χ1v) is 7.22. The van der Waals surface area contributed by atoms with Crippen molar-refractivity contribution < 1.29 is 19.7 Å². The van der Waals surface area contributed by atoms with E-state index in [4.69, 9.17) is 9.47 Å². The number of rotatable bonds is 13. The van der Waals surface area contributed by atoms with Crippen LogP contribution in [0.4, 0.5) is 0 Å². The lowest BCUT2D eigenvalue weighted by Gasteiger charge is -2.12. The molecule has 2 N–H and O–H groups in total. The molecule has 0 aliphatic rings. The summed E-state index contributed by atoms with van der Waals surface area (Å²) in [5.74, 6) is 0. The Morgan fingerprint density at radius 1 is 0.778 bits per heavy atom. The topological polar surface area (TPSA) is 58.9 Å². The minimum atomic E-state index is -0.361. The van der Waals surface area contributed by atoms with Crippen molar-refractivity contribution in [2.24, 2.45) is 0 Å². The zero-order valence-electron chi connectivity index (χ0n) is 11.9. The Morgan fingerprint density at radius 3 is 1.50 bits per heavy atom. The molecule has 2 unspecified atom stereocenters. The van der Waals surface area contributed by atoms with Crippen molar-refractivity contribution in [2.75, 3.05) is 26.4 Å². The Bertz CT molecular complexity index is 146. The lowest BCUT2D eigenvalue weighted by Crippen LogP contribution is -2.20. The van der Waals surface area contributed by atoms with Crippen LogP contribution in [0.15, 0.2) is 0 Å². The van der Waals surface area contributed by atoms with E-state index in [2.05, 4.69) is 13.8 Å². The molecule has 0 heterocycles. The van der Waals surface area contributed by atoms with Crippen LogP contribution in [0.1, 0.15) is 52.4 Å². The fourth-order valence-electron chi connectivity index (χ4n) is 1.60. The van der Waals surface area contributed by atoms with Gasteiger partial charge >= 0.3 is 0 Å². The van der Waals surface area contributed by atoms with Crippen molar-refractivity contribution in [3.63, 3.8) is 0 Å². The van der Waals surface area contributed by atoms with Crippen LogP contribution in [0.5, 0.6) is 0 Å². The molecule has 0 radical (unpaired) electrons. The third kappa shape index (κ3) is 12.3. The van der Waals surface area contributed by atoms with Crippen LogP contribution >= 0.6 is 0 Å². The summed E-state index contributed by atoms with van der Waals surface area (Å²) in [6.07, 6.45) is 5.13. The predicted octanol–water partition coefficient (Wildman–Crippen LogP) is 2.12. The molecule has 4 nitrogen and oxygen atoms in total. The highest BCUT2D eigenvalue weighted by Gasteiger charge is 2.04. The maximum atomic E-state index is 9.52. The standard InChI is InChI=1S/C14H30O4/c1-3-5-7-13(15)11-17-9-10-18-12-14(16)8-6-4-2/h13-16H,3-12H2,1-2H3. The fourth-order valence-corrected chi connectivity index (χ4v) is 1.60. The second-order valence-electron chi connectivity index (χ2n) is 4.74. The predicted molar refractivity (Wildman–Crippen MR) is 72.7 cm³/mol. The fraction of sp³-hybridized carbons (Fsp3) is 1.00. The summed E-state index contributed by atoms with van der Waals surface area (Å²) in [4.78, 5) is 0. The van der Waals surface area contributed by atoms with E-state index in [1.807, 2.05) is 0 Å². The van der Waals surface area contributed by atoms with Crippen molar-refractivity contribution in [1.29, 1.82) is 0 Å². The number of aliphatic hydroxyl groups is 2. The van der Waals surface area contributed by atoms with E-state index >= 15 is 0 Å². The van der Waals surface area contributed by atoms with Gasteiger partial charge in [-0.3, -0.25) is 0 Å². The van der Waals surface area contributed by atoms with E-state index in [9.17, 15) is 10.2 Å². The van der Waals surface area contributed by atoms with Gasteiger partial charge in [-0.1, -0.05) is 39.5 Å². The van der Waals surface area contributed by atoms with Gasteiger partial charge in [-0.15, -0.1) is 0 Å². The number of hydrogen-bond donors (Lipinski definition) is 2. The molecule has 0 saturated carbocycles. The Morgan fingerprint density at radius 2 is 1.17 bits per heavy atom. The van der Waals surface area contributed by atoms with Gasteiger partial charge in [-0.25, -0.2) is 0 Å². The molecule has 0 spiro atoms. The van der Waals surface area contributed by atoms with Gasteiger partial charge in [0.25, 0.3) is 0 Å². The Kier molecular flexibility index (Phi) is 13.2. The molecule has 0 rings (SSSR count). The average molecular weight is 262 g/mol. The lowest BCUT2D eigenvalue weighted by molar-refractivity contribution is -0.0200. The molecule has 4 heteroatoms. The van der Waals surface area contributed by atoms with Gasteiger partial charge in [-0.05, 0) is 12.8 Å². The smallest absolute Gasteiger partial charge is 0.0773 e. The second kappa shape index (κ2) is 13.3. The highest BCUT2D eigenvalue weighted by molar-refractivity contribution is 4.54. The van der Waals surface area contributed by atoms with E-state index in [0.717, 1.165) is 38.5 Å². The van der Waals surface area contributed by atoms with Crippen LogP contribution in [0, 0.1) is 0 Å². The molecule has 0 fully saturated rings. The largest absolute Gasteiger partial charge is 0.391 e. The molecule has 0 saturated heterocycles. The molecule has 0 aliphatic heterocycles. The molecule has 0 aromatic carbocycles. The SMILES string of the molecule is CCCCC(O)COCCOCC(O)CCCC. The maximum absolute atomic E-state index is 9.52. The molecule has 0 aliphatic carbocycles. The van der Waals surface area contributed by atoms with Gasteiger partial charge in [0.05, 0.1) is 38.6 Å². The number of unbranched alkanes of at least 4 members (excludes halogenated alkanes) is 2. The minimum Gasteiger partial charge on any atom is -0.391 e. The molecule has 0 aromatic heterocycles. The number of ether oxygens (including phenoxy) is 2. The maximum Gasteiger partial charge on any atom is 0.0773 e. The van der Waals surface area contributed by atoms with Crippen LogP contribution < -0.4 is 0 Å². The van der Waals surface area contributed by atoms with Crippen molar-refractivity contribution in [1.82, 2.24) is 0 Å². The summed E-state index contributed by atoms with van der Waals surface area (Å²) < 4.78 is 10.6. The normalized spacial score (nSPS) is 14.7. The van der Waals surface area contributed by atoms with Crippen LogP contribution in [0.25, 0.3) is 0 Å². The van der Waals surface area contributed by atoms with Gasteiger partial charge in [0.15, 0.2) is 0 Å². The van der Waals surface area contributed by atoms with Crippen LogP contribution in [0.2, 0.25) is 0 Å². The van der Waals surface area contributed by atoms with Crippen molar-refractivity contribution in [2.45, 2.75) is 64.6 Å². The summed E-state index contributed by atoms with van der Waals surface area (Å²) in [6, 6.07) is 0. The van der Waals surface area contributed by atoms with E-state index < -0.39 is 0 Å². The molecule has 2 atom stereocenters. The van der Waals surface area contributed by atoms with Crippen molar-refractivity contribution >= 4 is 0 Å². The Labute approximate surface area is 111 Å². The third-order valence-corrected chi connectivity index (χ3v) is 2.77. The first-order valence-electron chi connectivity index (χ1n) is 7.22. The third-order valence-electron chi connectivity index (χ3n) is 2.77. The molecular formula is C14H30O4. The van der Waals surface area contributed by atoms with Crippen molar-refractivity contribution in [3.8, 4) is 0 Å². The van der Waals surface area contributed by atoms with Crippen LogP contribution in [-0.4, -0.2) is 48.8 Å². The highest BCUT2D eigenvalue weighted by Crippen LogP contribution is 2.01. The highest BCUT2D eigenvalue weighted by atomic mass is 16.5. The zero-order valence-corrected chi connectivity index (χ0v) is 11.9. The van der Waals surface area contributed by atoms with E-state index in [0.29, 0.717) is 26.4 Å². The molecular weight excluding hydrogens is 232 g/mol. The van der Waals surface area contributed by atoms with Crippen LogP contribution in [0.3, 0.4) is 0 Å². The minimum absolute atomic E-state index is 0.361.